The van der Waals surface area contributed by atoms with E-state index in [0.717, 1.165) is 37.0 Å². The molecule has 1 aromatic heterocycles. The summed E-state index contributed by atoms with van der Waals surface area (Å²) < 4.78 is 5.47. The standard InChI is InChI=1S/C22H23ClN2O3/c23-16-4-3-13-8-19(18(13)9-16)22(27)25-11-15-7-14(15)10-24-21(26)17-5-6-28-20(17)12-1-2-12/h3-6,9,12,14-15,19H,1-2,7-8,10-11H2,(H,24,26)(H,25,27). The molecule has 2 fully saturated rings. The van der Waals surface area contributed by atoms with Gasteiger partial charge in [0.1, 0.15) is 5.76 Å². The highest BCUT2D eigenvalue weighted by Gasteiger charge is 2.39. The van der Waals surface area contributed by atoms with Crippen molar-refractivity contribution < 1.29 is 14.0 Å². The van der Waals surface area contributed by atoms with Gasteiger partial charge in [-0.3, -0.25) is 9.59 Å². The zero-order valence-corrected chi connectivity index (χ0v) is 16.3. The molecule has 2 N–H and O–H groups in total. The summed E-state index contributed by atoms with van der Waals surface area (Å²) in [6, 6.07) is 7.52. The normalized spacial score (nSPS) is 24.8. The lowest BCUT2D eigenvalue weighted by molar-refractivity contribution is -0.123. The summed E-state index contributed by atoms with van der Waals surface area (Å²) in [5.41, 5.74) is 2.94. The Morgan fingerprint density at radius 1 is 1.11 bits per heavy atom. The summed E-state index contributed by atoms with van der Waals surface area (Å²) >= 11 is 6.03. The molecular weight excluding hydrogens is 376 g/mol. The minimum atomic E-state index is -0.0764. The Balaban J connectivity index is 1.06. The van der Waals surface area contributed by atoms with Crippen molar-refractivity contribution >= 4 is 23.4 Å². The van der Waals surface area contributed by atoms with Crippen molar-refractivity contribution in [1.82, 2.24) is 10.6 Å². The van der Waals surface area contributed by atoms with Gasteiger partial charge in [-0.05, 0) is 66.8 Å². The highest BCUT2D eigenvalue weighted by molar-refractivity contribution is 6.30. The van der Waals surface area contributed by atoms with Gasteiger partial charge in [0.2, 0.25) is 5.91 Å². The first-order valence-electron chi connectivity index (χ1n) is 10.0. The highest BCUT2D eigenvalue weighted by atomic mass is 35.5. The van der Waals surface area contributed by atoms with E-state index in [1.54, 1.807) is 12.3 Å². The smallest absolute Gasteiger partial charge is 0.254 e. The van der Waals surface area contributed by atoms with E-state index in [9.17, 15) is 9.59 Å². The van der Waals surface area contributed by atoms with Gasteiger partial charge in [0.05, 0.1) is 17.7 Å². The summed E-state index contributed by atoms with van der Waals surface area (Å²) in [6.45, 7) is 1.32. The van der Waals surface area contributed by atoms with E-state index in [4.69, 9.17) is 16.0 Å². The van der Waals surface area contributed by atoms with Crippen molar-refractivity contribution in [2.45, 2.75) is 37.5 Å². The van der Waals surface area contributed by atoms with Crippen LogP contribution in [0.25, 0.3) is 0 Å². The first-order valence-corrected chi connectivity index (χ1v) is 10.4. The Kier molecular flexibility index (Phi) is 4.43. The molecule has 3 atom stereocenters. The molecule has 3 aliphatic rings. The molecule has 0 bridgehead atoms. The lowest BCUT2D eigenvalue weighted by atomic mass is 9.77. The van der Waals surface area contributed by atoms with Crippen LogP contribution in [0.1, 0.15) is 58.3 Å². The molecule has 0 radical (unpaired) electrons. The van der Waals surface area contributed by atoms with Crippen LogP contribution in [-0.4, -0.2) is 24.9 Å². The number of fused-ring (bicyclic) bond motifs is 1. The predicted octanol–water partition coefficient (Wildman–Crippen LogP) is 3.63. The number of furan rings is 1. The van der Waals surface area contributed by atoms with Crippen molar-refractivity contribution in [2.75, 3.05) is 13.1 Å². The average molecular weight is 399 g/mol. The zero-order valence-electron chi connectivity index (χ0n) is 15.5. The number of nitrogens with one attached hydrogen (secondary N) is 2. The summed E-state index contributed by atoms with van der Waals surface area (Å²) in [4.78, 5) is 24.8. The van der Waals surface area contributed by atoms with Gasteiger partial charge in [-0.1, -0.05) is 17.7 Å². The first-order chi connectivity index (χ1) is 13.6. The Hall–Kier alpha value is -2.27. The molecule has 28 heavy (non-hydrogen) atoms. The van der Waals surface area contributed by atoms with Gasteiger partial charge in [0.15, 0.2) is 0 Å². The molecule has 0 spiro atoms. The molecule has 2 saturated carbocycles. The molecule has 5 nitrogen and oxygen atoms in total. The number of halogens is 1. The third-order valence-electron chi connectivity index (χ3n) is 6.24. The maximum atomic E-state index is 12.4. The fourth-order valence-electron chi connectivity index (χ4n) is 4.16. The molecule has 2 amide bonds. The third-order valence-corrected chi connectivity index (χ3v) is 6.48. The van der Waals surface area contributed by atoms with Gasteiger partial charge in [-0.2, -0.15) is 0 Å². The highest BCUT2D eigenvalue weighted by Crippen LogP contribution is 2.42. The van der Waals surface area contributed by atoms with Crippen LogP contribution in [0.4, 0.5) is 0 Å². The fraction of sp³-hybridized carbons (Fsp3) is 0.455. The monoisotopic (exact) mass is 398 g/mol. The van der Waals surface area contributed by atoms with Crippen LogP contribution in [0.3, 0.4) is 0 Å². The predicted molar refractivity (Wildman–Crippen MR) is 106 cm³/mol. The zero-order chi connectivity index (χ0) is 19.3. The van der Waals surface area contributed by atoms with E-state index < -0.39 is 0 Å². The number of benzene rings is 1. The molecule has 5 rings (SSSR count). The van der Waals surface area contributed by atoms with Gasteiger partial charge in [-0.25, -0.2) is 0 Å². The molecule has 1 heterocycles. The van der Waals surface area contributed by atoms with Gasteiger partial charge in [0, 0.05) is 24.0 Å². The Bertz CT molecular complexity index is 934. The minimum Gasteiger partial charge on any atom is -0.468 e. The SMILES string of the molecule is O=C(NCC1CC1CNC(=O)C1Cc2ccc(Cl)cc21)c1ccoc1C1CC1. The van der Waals surface area contributed by atoms with Gasteiger partial charge >= 0.3 is 0 Å². The van der Waals surface area contributed by atoms with E-state index >= 15 is 0 Å². The van der Waals surface area contributed by atoms with Gasteiger partial charge in [-0.15, -0.1) is 0 Å². The molecule has 3 aliphatic carbocycles. The third kappa shape index (κ3) is 3.44. The number of hydrogen-bond acceptors (Lipinski definition) is 3. The second-order valence-corrected chi connectivity index (χ2v) is 8.72. The largest absolute Gasteiger partial charge is 0.468 e. The Morgan fingerprint density at radius 3 is 2.68 bits per heavy atom. The van der Waals surface area contributed by atoms with Crippen LogP contribution >= 0.6 is 11.6 Å². The number of amides is 2. The number of rotatable bonds is 7. The summed E-state index contributed by atoms with van der Waals surface area (Å²) in [5.74, 6) is 2.08. The quantitative estimate of drug-likeness (QED) is 0.748. The van der Waals surface area contributed by atoms with E-state index in [0.29, 0.717) is 41.4 Å². The maximum absolute atomic E-state index is 12.4. The first kappa shape index (κ1) is 17.8. The average Bonchev–Trinajstić information content (AvgIpc) is 3.59. The molecule has 2 aromatic rings. The van der Waals surface area contributed by atoms with Crippen molar-refractivity contribution in [3.8, 4) is 0 Å². The van der Waals surface area contributed by atoms with Gasteiger partial charge < -0.3 is 15.1 Å². The molecule has 0 aliphatic heterocycles. The van der Waals surface area contributed by atoms with Crippen LogP contribution in [0, 0.1) is 11.8 Å². The van der Waals surface area contributed by atoms with Crippen LogP contribution in [0.15, 0.2) is 34.9 Å². The van der Waals surface area contributed by atoms with E-state index in [1.807, 2.05) is 18.2 Å². The Labute approximate surface area is 168 Å². The second kappa shape index (κ2) is 6.96. The van der Waals surface area contributed by atoms with E-state index in [2.05, 4.69) is 10.6 Å². The molecule has 6 heteroatoms. The van der Waals surface area contributed by atoms with E-state index in [1.165, 1.54) is 5.56 Å². The van der Waals surface area contributed by atoms with Crippen molar-refractivity contribution in [3.63, 3.8) is 0 Å². The summed E-state index contributed by atoms with van der Waals surface area (Å²) in [5, 5.41) is 6.78. The van der Waals surface area contributed by atoms with Crippen LogP contribution < -0.4 is 10.6 Å². The van der Waals surface area contributed by atoms with Crippen molar-refractivity contribution in [2.24, 2.45) is 11.8 Å². The second-order valence-electron chi connectivity index (χ2n) is 8.28. The van der Waals surface area contributed by atoms with Crippen LogP contribution in [-0.2, 0) is 11.2 Å². The molecule has 3 unspecified atom stereocenters. The Morgan fingerprint density at radius 2 is 1.89 bits per heavy atom. The lowest BCUT2D eigenvalue weighted by Crippen LogP contribution is -2.37. The maximum Gasteiger partial charge on any atom is 0.254 e. The lowest BCUT2D eigenvalue weighted by Gasteiger charge is -2.29. The van der Waals surface area contributed by atoms with Gasteiger partial charge in [0.25, 0.3) is 5.91 Å². The van der Waals surface area contributed by atoms with E-state index in [-0.39, 0.29) is 17.7 Å². The topological polar surface area (TPSA) is 71.3 Å². The van der Waals surface area contributed by atoms with Crippen molar-refractivity contribution in [3.05, 3.63) is 58.0 Å². The van der Waals surface area contributed by atoms with Crippen molar-refractivity contribution in [1.29, 1.82) is 0 Å². The molecule has 0 saturated heterocycles. The van der Waals surface area contributed by atoms with Crippen LogP contribution in [0.5, 0.6) is 0 Å². The number of carbonyl (C=O) groups is 2. The fourth-order valence-corrected chi connectivity index (χ4v) is 4.34. The summed E-state index contributed by atoms with van der Waals surface area (Å²) in [6.07, 6.45) is 5.64. The molecular formula is C22H23ClN2O3. The number of carbonyl (C=O) groups excluding carboxylic acids is 2. The number of hydrogen-bond donors (Lipinski definition) is 2. The minimum absolute atomic E-state index is 0.0479. The summed E-state index contributed by atoms with van der Waals surface area (Å²) in [7, 11) is 0. The molecule has 1 aromatic carbocycles. The van der Waals surface area contributed by atoms with Crippen LogP contribution in [0.2, 0.25) is 5.02 Å². The molecule has 146 valence electrons.